The van der Waals surface area contributed by atoms with Crippen LogP contribution in [0.4, 0.5) is 0 Å². The quantitative estimate of drug-likeness (QED) is 0.508. The summed E-state index contributed by atoms with van der Waals surface area (Å²) in [7, 11) is 0. The van der Waals surface area contributed by atoms with Gasteiger partial charge in [-0.25, -0.2) is 0 Å². The molecule has 0 aromatic carbocycles. The molecule has 0 spiro atoms. The maximum Gasteiger partial charge on any atom is 0.166 e. The van der Waals surface area contributed by atoms with Gasteiger partial charge in [-0.3, -0.25) is 4.79 Å². The van der Waals surface area contributed by atoms with Crippen LogP contribution >= 0.6 is 0 Å². The number of nitrogens with zero attached hydrogens (tertiary/aromatic N) is 1. The number of terminal acetylenes is 1. The molecule has 2 nitrogen and oxygen atoms in total. The molecule has 0 N–H and O–H groups in total. The summed E-state index contributed by atoms with van der Waals surface area (Å²) in [5, 5.41) is 0. The van der Waals surface area contributed by atoms with E-state index in [9.17, 15) is 4.79 Å². The Labute approximate surface area is 78.6 Å². The predicted molar refractivity (Wildman–Crippen MR) is 52.4 cm³/mol. The van der Waals surface area contributed by atoms with Crippen molar-refractivity contribution in [2.45, 2.75) is 20.4 Å². The fraction of sp³-hybridized carbons (Fsp3) is 0.364. The third kappa shape index (κ3) is 2.22. The fourth-order valence-electron chi connectivity index (χ4n) is 1.12. The summed E-state index contributed by atoms with van der Waals surface area (Å²) in [5.74, 6) is 2.72. The smallest absolute Gasteiger partial charge is 0.166 e. The van der Waals surface area contributed by atoms with E-state index in [1.54, 1.807) is 12.3 Å². The lowest BCUT2D eigenvalue weighted by Crippen LogP contribution is -2.06. The van der Waals surface area contributed by atoms with E-state index in [1.807, 2.05) is 24.6 Å². The first kappa shape index (κ1) is 9.60. The van der Waals surface area contributed by atoms with Crippen molar-refractivity contribution in [1.82, 2.24) is 4.57 Å². The molecule has 1 aromatic heterocycles. The number of carbonyl (C=O) groups is 1. The summed E-state index contributed by atoms with van der Waals surface area (Å²) in [4.78, 5) is 11.5. The molecule has 1 heterocycles. The standard InChI is InChI=1S/C11H13NO/c1-4-6-12-7-5-10(8-12)11(13)9(2)3/h1,5,7-9H,6H2,2-3H3. The lowest BCUT2D eigenvalue weighted by Gasteiger charge is -1.99. The monoisotopic (exact) mass is 175 g/mol. The van der Waals surface area contributed by atoms with Crippen LogP contribution in [0.25, 0.3) is 0 Å². The van der Waals surface area contributed by atoms with Crippen molar-refractivity contribution >= 4 is 5.78 Å². The Morgan fingerprint density at radius 3 is 2.92 bits per heavy atom. The summed E-state index contributed by atoms with van der Waals surface area (Å²) in [6, 6.07) is 1.81. The molecular formula is C11H13NO. The Bertz CT molecular complexity index is 341. The Morgan fingerprint density at radius 1 is 1.69 bits per heavy atom. The van der Waals surface area contributed by atoms with E-state index in [2.05, 4.69) is 5.92 Å². The predicted octanol–water partition coefficient (Wildman–Crippen LogP) is 1.96. The van der Waals surface area contributed by atoms with Crippen LogP contribution in [-0.2, 0) is 6.54 Å². The summed E-state index contributed by atoms with van der Waals surface area (Å²) < 4.78 is 1.83. The highest BCUT2D eigenvalue weighted by Crippen LogP contribution is 2.08. The number of ketones is 1. The van der Waals surface area contributed by atoms with Gasteiger partial charge in [-0.2, -0.15) is 0 Å². The van der Waals surface area contributed by atoms with Crippen LogP contribution in [-0.4, -0.2) is 10.4 Å². The molecule has 0 saturated heterocycles. The van der Waals surface area contributed by atoms with Crippen molar-refractivity contribution in [2.24, 2.45) is 5.92 Å². The molecule has 1 rings (SSSR count). The molecule has 0 aliphatic carbocycles. The summed E-state index contributed by atoms with van der Waals surface area (Å²) in [5.41, 5.74) is 0.741. The van der Waals surface area contributed by atoms with Crippen LogP contribution in [0.5, 0.6) is 0 Å². The molecule has 0 unspecified atom stereocenters. The van der Waals surface area contributed by atoms with Gasteiger partial charge in [-0.15, -0.1) is 6.42 Å². The number of carbonyl (C=O) groups excluding carboxylic acids is 1. The summed E-state index contributed by atoms with van der Waals surface area (Å²) >= 11 is 0. The van der Waals surface area contributed by atoms with E-state index in [-0.39, 0.29) is 11.7 Å². The van der Waals surface area contributed by atoms with Crippen molar-refractivity contribution in [3.05, 3.63) is 24.0 Å². The van der Waals surface area contributed by atoms with E-state index in [4.69, 9.17) is 6.42 Å². The Hall–Kier alpha value is -1.49. The van der Waals surface area contributed by atoms with Gasteiger partial charge in [-0.05, 0) is 6.07 Å². The highest BCUT2D eigenvalue weighted by molar-refractivity contribution is 5.97. The van der Waals surface area contributed by atoms with Gasteiger partial charge in [0.1, 0.15) is 0 Å². The largest absolute Gasteiger partial charge is 0.342 e. The number of Topliss-reactive ketones (excluding diaryl/α,β-unsaturated/α-hetero) is 1. The van der Waals surface area contributed by atoms with E-state index >= 15 is 0 Å². The second kappa shape index (κ2) is 3.95. The van der Waals surface area contributed by atoms with Crippen LogP contribution in [0.1, 0.15) is 24.2 Å². The Kier molecular flexibility index (Phi) is 2.92. The number of hydrogen-bond acceptors (Lipinski definition) is 1. The molecule has 0 aliphatic rings. The average Bonchev–Trinajstić information content (AvgIpc) is 2.52. The van der Waals surface area contributed by atoms with E-state index < -0.39 is 0 Å². The molecule has 0 atom stereocenters. The highest BCUT2D eigenvalue weighted by Gasteiger charge is 2.10. The maximum atomic E-state index is 11.5. The van der Waals surface area contributed by atoms with Gasteiger partial charge in [-0.1, -0.05) is 19.8 Å². The van der Waals surface area contributed by atoms with Gasteiger partial charge < -0.3 is 4.57 Å². The second-order valence-corrected chi connectivity index (χ2v) is 3.30. The van der Waals surface area contributed by atoms with Gasteiger partial charge >= 0.3 is 0 Å². The third-order valence-corrected chi connectivity index (χ3v) is 1.83. The molecule has 0 saturated carbocycles. The Balaban J connectivity index is 2.81. The SMILES string of the molecule is C#CCn1ccc(C(=O)C(C)C)c1. The molecule has 13 heavy (non-hydrogen) atoms. The number of rotatable bonds is 3. The molecule has 1 aromatic rings. The zero-order chi connectivity index (χ0) is 9.84. The van der Waals surface area contributed by atoms with Crippen molar-refractivity contribution < 1.29 is 4.79 Å². The highest BCUT2D eigenvalue weighted by atomic mass is 16.1. The number of aromatic nitrogens is 1. The molecule has 0 bridgehead atoms. The molecule has 0 radical (unpaired) electrons. The first-order valence-electron chi connectivity index (χ1n) is 4.28. The fourth-order valence-corrected chi connectivity index (χ4v) is 1.12. The van der Waals surface area contributed by atoms with Crippen LogP contribution in [0.3, 0.4) is 0 Å². The lowest BCUT2D eigenvalue weighted by atomic mass is 10.0. The van der Waals surface area contributed by atoms with Gasteiger partial charge in [0.05, 0.1) is 6.54 Å². The molecule has 0 amide bonds. The van der Waals surface area contributed by atoms with Crippen LogP contribution < -0.4 is 0 Å². The minimum Gasteiger partial charge on any atom is -0.342 e. The zero-order valence-electron chi connectivity index (χ0n) is 7.95. The van der Waals surface area contributed by atoms with Crippen molar-refractivity contribution in [2.75, 3.05) is 0 Å². The number of hydrogen-bond donors (Lipinski definition) is 0. The molecule has 0 fully saturated rings. The summed E-state index contributed by atoms with van der Waals surface area (Å²) in [6.45, 7) is 4.30. The van der Waals surface area contributed by atoms with E-state index in [0.29, 0.717) is 6.54 Å². The van der Waals surface area contributed by atoms with Crippen molar-refractivity contribution in [3.63, 3.8) is 0 Å². The molecule has 0 aliphatic heterocycles. The normalized spacial score (nSPS) is 10.0. The average molecular weight is 175 g/mol. The van der Waals surface area contributed by atoms with Crippen LogP contribution in [0.15, 0.2) is 18.5 Å². The van der Waals surface area contributed by atoms with Crippen molar-refractivity contribution in [1.29, 1.82) is 0 Å². The third-order valence-electron chi connectivity index (χ3n) is 1.83. The first-order chi connectivity index (χ1) is 6.15. The van der Waals surface area contributed by atoms with Gasteiger partial charge in [0.15, 0.2) is 5.78 Å². The lowest BCUT2D eigenvalue weighted by molar-refractivity contribution is 0.0939. The van der Waals surface area contributed by atoms with Crippen LogP contribution in [0.2, 0.25) is 0 Å². The zero-order valence-corrected chi connectivity index (χ0v) is 7.95. The minimum atomic E-state index is 0.0432. The molecule has 68 valence electrons. The second-order valence-electron chi connectivity index (χ2n) is 3.30. The van der Waals surface area contributed by atoms with Gasteiger partial charge in [0.2, 0.25) is 0 Å². The summed E-state index contributed by atoms with van der Waals surface area (Å²) in [6.07, 6.45) is 8.77. The first-order valence-corrected chi connectivity index (χ1v) is 4.28. The van der Waals surface area contributed by atoms with Crippen molar-refractivity contribution in [3.8, 4) is 12.3 Å². The molecular weight excluding hydrogens is 162 g/mol. The van der Waals surface area contributed by atoms with Gasteiger partial charge in [0, 0.05) is 23.9 Å². The topological polar surface area (TPSA) is 22.0 Å². The molecule has 2 heteroatoms. The minimum absolute atomic E-state index is 0.0432. The Morgan fingerprint density at radius 2 is 2.38 bits per heavy atom. The van der Waals surface area contributed by atoms with E-state index in [0.717, 1.165) is 5.56 Å². The van der Waals surface area contributed by atoms with Gasteiger partial charge in [0.25, 0.3) is 0 Å². The maximum absolute atomic E-state index is 11.5. The van der Waals surface area contributed by atoms with E-state index in [1.165, 1.54) is 0 Å². The van der Waals surface area contributed by atoms with Crippen LogP contribution in [0, 0.1) is 18.3 Å².